The maximum absolute atomic E-state index is 13.3. The molecule has 0 bridgehead atoms. The van der Waals surface area contributed by atoms with E-state index in [1.165, 1.54) is 4.68 Å². The molecular formula is C26H23Br2N3O3. The van der Waals surface area contributed by atoms with Gasteiger partial charge in [0.2, 0.25) is 0 Å². The molecule has 0 aliphatic heterocycles. The lowest BCUT2D eigenvalue weighted by Gasteiger charge is -2.15. The Morgan fingerprint density at radius 3 is 2.53 bits per heavy atom. The average Bonchev–Trinajstić information content (AvgIpc) is 2.83. The fourth-order valence-corrected chi connectivity index (χ4v) is 4.31. The Morgan fingerprint density at radius 1 is 1.06 bits per heavy atom. The molecule has 174 valence electrons. The molecular weight excluding hydrogens is 562 g/mol. The number of halogens is 2. The molecule has 0 fully saturated rings. The maximum Gasteiger partial charge on any atom is 0.282 e. The largest absolute Gasteiger partial charge is 0.493 e. The van der Waals surface area contributed by atoms with Crippen LogP contribution < -0.4 is 15.0 Å². The Labute approximate surface area is 214 Å². The molecule has 1 aromatic heterocycles. The van der Waals surface area contributed by atoms with E-state index in [1.54, 1.807) is 19.4 Å². The van der Waals surface area contributed by atoms with Gasteiger partial charge in [0.1, 0.15) is 12.4 Å². The zero-order chi connectivity index (χ0) is 24.2. The molecule has 0 atom stereocenters. The van der Waals surface area contributed by atoms with Crippen molar-refractivity contribution >= 4 is 49.0 Å². The van der Waals surface area contributed by atoms with Crippen molar-refractivity contribution in [3.8, 4) is 11.5 Å². The van der Waals surface area contributed by atoms with E-state index >= 15 is 0 Å². The van der Waals surface area contributed by atoms with Gasteiger partial charge in [-0.15, -0.1) is 0 Å². The van der Waals surface area contributed by atoms with Crippen LogP contribution in [0.4, 0.5) is 0 Å². The number of ether oxygens (including phenoxy) is 2. The van der Waals surface area contributed by atoms with Crippen LogP contribution in [0, 0.1) is 0 Å². The van der Waals surface area contributed by atoms with Crippen molar-refractivity contribution in [2.45, 2.75) is 26.4 Å². The Balaban J connectivity index is 1.80. The molecule has 0 aliphatic rings. The highest BCUT2D eigenvalue weighted by molar-refractivity contribution is 9.10. The highest BCUT2D eigenvalue weighted by atomic mass is 79.9. The molecule has 0 saturated carbocycles. The average molecular weight is 585 g/mol. The second kappa shape index (κ2) is 10.5. The van der Waals surface area contributed by atoms with Crippen LogP contribution in [0.25, 0.3) is 10.9 Å². The van der Waals surface area contributed by atoms with Crippen molar-refractivity contribution in [2.75, 3.05) is 7.11 Å². The van der Waals surface area contributed by atoms with Crippen molar-refractivity contribution in [1.82, 2.24) is 9.66 Å². The Kier molecular flexibility index (Phi) is 7.48. The van der Waals surface area contributed by atoms with Gasteiger partial charge in [-0.3, -0.25) is 4.79 Å². The third kappa shape index (κ3) is 5.23. The molecule has 3 aromatic carbocycles. The number of fused-ring (bicyclic) bond motifs is 1. The van der Waals surface area contributed by atoms with E-state index in [0.29, 0.717) is 40.4 Å². The zero-order valence-electron chi connectivity index (χ0n) is 19.0. The van der Waals surface area contributed by atoms with E-state index in [9.17, 15) is 4.79 Å². The van der Waals surface area contributed by atoms with Crippen molar-refractivity contribution in [2.24, 2.45) is 5.10 Å². The molecule has 6 nitrogen and oxygen atoms in total. The van der Waals surface area contributed by atoms with Crippen molar-refractivity contribution in [1.29, 1.82) is 0 Å². The summed E-state index contributed by atoms with van der Waals surface area (Å²) in [5.74, 6) is 1.66. The smallest absolute Gasteiger partial charge is 0.282 e. The molecule has 0 spiro atoms. The van der Waals surface area contributed by atoms with Gasteiger partial charge in [0.15, 0.2) is 11.5 Å². The van der Waals surface area contributed by atoms with Crippen LogP contribution in [-0.4, -0.2) is 23.0 Å². The van der Waals surface area contributed by atoms with Gasteiger partial charge in [0.25, 0.3) is 5.56 Å². The van der Waals surface area contributed by atoms with Crippen molar-refractivity contribution in [3.63, 3.8) is 0 Å². The van der Waals surface area contributed by atoms with E-state index in [1.807, 2.05) is 68.4 Å². The summed E-state index contributed by atoms with van der Waals surface area (Å²) in [6.45, 7) is 4.33. The third-order valence-electron chi connectivity index (χ3n) is 5.16. The third-order valence-corrected chi connectivity index (χ3v) is 6.11. The molecule has 0 N–H and O–H groups in total. The molecule has 34 heavy (non-hydrogen) atoms. The standard InChI is InChI=1S/C26H23Br2N3O3/c1-16(2)25-30-22-10-9-19(27)12-21(22)26(32)31(25)29-14-18-11-20(28)13-23(33-3)24(18)34-15-17-7-5-4-6-8-17/h4-14,16H,15H2,1-3H3. The van der Waals surface area contributed by atoms with Crippen LogP contribution in [0.3, 0.4) is 0 Å². The van der Waals surface area contributed by atoms with Crippen LogP contribution in [0.15, 0.2) is 79.5 Å². The Morgan fingerprint density at radius 2 is 1.82 bits per heavy atom. The number of aromatic nitrogens is 2. The Bertz CT molecular complexity index is 1420. The highest BCUT2D eigenvalue weighted by Gasteiger charge is 2.16. The van der Waals surface area contributed by atoms with Crippen molar-refractivity contribution in [3.05, 3.63) is 96.9 Å². The summed E-state index contributed by atoms with van der Waals surface area (Å²) >= 11 is 6.95. The minimum atomic E-state index is -0.236. The number of rotatable bonds is 7. The second-order valence-electron chi connectivity index (χ2n) is 7.95. The summed E-state index contributed by atoms with van der Waals surface area (Å²) in [5, 5.41) is 5.04. The Hall–Kier alpha value is -2.97. The first-order chi connectivity index (χ1) is 16.4. The van der Waals surface area contributed by atoms with E-state index in [4.69, 9.17) is 14.5 Å². The van der Waals surface area contributed by atoms with E-state index in [0.717, 1.165) is 14.5 Å². The monoisotopic (exact) mass is 583 g/mol. The zero-order valence-corrected chi connectivity index (χ0v) is 22.1. The molecule has 0 radical (unpaired) electrons. The van der Waals surface area contributed by atoms with Gasteiger partial charge >= 0.3 is 0 Å². The van der Waals surface area contributed by atoms with E-state index < -0.39 is 0 Å². The van der Waals surface area contributed by atoms with Crippen LogP contribution in [-0.2, 0) is 6.61 Å². The van der Waals surface area contributed by atoms with Gasteiger partial charge in [-0.1, -0.05) is 76.0 Å². The van der Waals surface area contributed by atoms with Crippen LogP contribution >= 0.6 is 31.9 Å². The fourth-order valence-electron chi connectivity index (χ4n) is 3.49. The van der Waals surface area contributed by atoms with Crippen LogP contribution in [0.5, 0.6) is 11.5 Å². The number of hydrogen-bond acceptors (Lipinski definition) is 5. The minimum Gasteiger partial charge on any atom is -0.493 e. The molecule has 4 aromatic rings. The van der Waals surface area contributed by atoms with E-state index in [-0.39, 0.29) is 11.5 Å². The summed E-state index contributed by atoms with van der Waals surface area (Å²) < 4.78 is 14.7. The first kappa shape index (κ1) is 24.2. The SMILES string of the molecule is COc1cc(Br)cc(C=Nn2c(C(C)C)nc3ccc(Br)cc3c2=O)c1OCc1ccccc1. The summed E-state index contributed by atoms with van der Waals surface area (Å²) in [6.07, 6.45) is 1.60. The minimum absolute atomic E-state index is 0.0104. The molecule has 0 amide bonds. The number of benzene rings is 3. The second-order valence-corrected chi connectivity index (χ2v) is 9.78. The summed E-state index contributed by atoms with van der Waals surface area (Å²) in [5.41, 5.74) is 2.09. The lowest BCUT2D eigenvalue weighted by Crippen LogP contribution is -2.23. The maximum atomic E-state index is 13.3. The molecule has 0 unspecified atom stereocenters. The predicted octanol–water partition coefficient (Wildman–Crippen LogP) is 6.51. The lowest BCUT2D eigenvalue weighted by atomic mass is 10.2. The lowest BCUT2D eigenvalue weighted by molar-refractivity contribution is 0.284. The topological polar surface area (TPSA) is 65.7 Å². The quantitative estimate of drug-likeness (QED) is 0.232. The predicted molar refractivity (Wildman–Crippen MR) is 142 cm³/mol. The summed E-state index contributed by atoms with van der Waals surface area (Å²) in [7, 11) is 1.59. The van der Waals surface area contributed by atoms with Gasteiger partial charge in [-0.2, -0.15) is 9.78 Å². The normalized spacial score (nSPS) is 11.5. The number of methoxy groups -OCH3 is 1. The van der Waals surface area contributed by atoms with Gasteiger partial charge < -0.3 is 9.47 Å². The van der Waals surface area contributed by atoms with Crippen molar-refractivity contribution < 1.29 is 9.47 Å². The summed E-state index contributed by atoms with van der Waals surface area (Å²) in [6, 6.07) is 19.0. The fraction of sp³-hybridized carbons (Fsp3) is 0.192. The van der Waals surface area contributed by atoms with Gasteiger partial charge in [-0.05, 0) is 35.9 Å². The van der Waals surface area contributed by atoms with Crippen LogP contribution in [0.2, 0.25) is 0 Å². The van der Waals surface area contributed by atoms with Gasteiger partial charge in [0.05, 0.1) is 24.2 Å². The molecule has 4 rings (SSSR count). The molecule has 0 saturated heterocycles. The number of nitrogens with zero attached hydrogens (tertiary/aromatic N) is 3. The van der Waals surface area contributed by atoms with Gasteiger partial charge in [-0.25, -0.2) is 4.98 Å². The molecule has 1 heterocycles. The first-order valence-corrected chi connectivity index (χ1v) is 12.3. The summed E-state index contributed by atoms with van der Waals surface area (Å²) in [4.78, 5) is 18.0. The molecule has 8 heteroatoms. The van der Waals surface area contributed by atoms with Gasteiger partial charge in [0, 0.05) is 20.4 Å². The first-order valence-electron chi connectivity index (χ1n) is 10.7. The molecule has 0 aliphatic carbocycles. The number of hydrogen-bond donors (Lipinski definition) is 0. The van der Waals surface area contributed by atoms with E-state index in [2.05, 4.69) is 37.0 Å². The highest BCUT2D eigenvalue weighted by Crippen LogP contribution is 2.34. The van der Waals surface area contributed by atoms with Crippen LogP contribution in [0.1, 0.15) is 36.7 Å².